The first-order valence-electron chi connectivity index (χ1n) is 8.85. The highest BCUT2D eigenvalue weighted by Gasteiger charge is 2.12. The van der Waals surface area contributed by atoms with E-state index in [1.54, 1.807) is 13.2 Å². The van der Waals surface area contributed by atoms with Crippen LogP contribution in [0.1, 0.15) is 24.3 Å². The summed E-state index contributed by atoms with van der Waals surface area (Å²) in [5, 5.41) is 5.93. The van der Waals surface area contributed by atoms with Crippen LogP contribution < -0.4 is 20.1 Å². The lowest BCUT2D eigenvalue weighted by molar-refractivity contribution is 0.102. The molecule has 2 N–H and O–H groups in total. The van der Waals surface area contributed by atoms with E-state index in [2.05, 4.69) is 20.6 Å². The van der Waals surface area contributed by atoms with Gasteiger partial charge >= 0.3 is 0 Å². The lowest BCUT2D eigenvalue weighted by atomic mass is 10.2. The van der Waals surface area contributed by atoms with Crippen LogP contribution >= 0.6 is 0 Å². The Morgan fingerprint density at radius 1 is 1.00 bits per heavy atom. The van der Waals surface area contributed by atoms with Gasteiger partial charge in [-0.2, -0.15) is 0 Å². The quantitative estimate of drug-likeness (QED) is 0.639. The van der Waals surface area contributed by atoms with Gasteiger partial charge in [-0.05, 0) is 50.2 Å². The minimum absolute atomic E-state index is 0.00107. The maximum absolute atomic E-state index is 12.5. The summed E-state index contributed by atoms with van der Waals surface area (Å²) < 4.78 is 10.8. The molecule has 0 bridgehead atoms. The van der Waals surface area contributed by atoms with Gasteiger partial charge in [0.2, 0.25) is 0 Å². The van der Waals surface area contributed by atoms with E-state index in [0.29, 0.717) is 17.3 Å². The first-order chi connectivity index (χ1) is 13.5. The molecule has 0 radical (unpaired) electrons. The molecule has 3 rings (SSSR count). The lowest BCUT2D eigenvalue weighted by Gasteiger charge is -2.14. The Hall–Kier alpha value is -3.61. The van der Waals surface area contributed by atoms with Crippen LogP contribution in [0.5, 0.6) is 11.5 Å². The molecule has 1 amide bonds. The third-order valence-electron chi connectivity index (χ3n) is 3.74. The summed E-state index contributed by atoms with van der Waals surface area (Å²) in [7, 11) is 1.62. The van der Waals surface area contributed by atoms with E-state index in [4.69, 9.17) is 9.47 Å². The zero-order chi connectivity index (χ0) is 19.9. The second kappa shape index (κ2) is 8.85. The monoisotopic (exact) mass is 378 g/mol. The average molecular weight is 378 g/mol. The number of amides is 1. The van der Waals surface area contributed by atoms with Crippen LogP contribution in [0.15, 0.2) is 60.9 Å². The van der Waals surface area contributed by atoms with Crippen molar-refractivity contribution >= 4 is 23.1 Å². The number of carbonyl (C=O) groups excluding carboxylic acids is 1. The first-order valence-corrected chi connectivity index (χ1v) is 8.85. The van der Waals surface area contributed by atoms with E-state index >= 15 is 0 Å². The smallest absolute Gasteiger partial charge is 0.275 e. The Morgan fingerprint density at radius 2 is 1.75 bits per heavy atom. The molecule has 0 saturated carbocycles. The van der Waals surface area contributed by atoms with E-state index in [9.17, 15) is 4.79 Å². The van der Waals surface area contributed by atoms with Crippen LogP contribution in [0.3, 0.4) is 0 Å². The molecule has 7 nitrogen and oxygen atoms in total. The highest BCUT2D eigenvalue weighted by molar-refractivity contribution is 6.03. The minimum Gasteiger partial charge on any atom is -0.497 e. The number of nitrogens with zero attached hydrogens (tertiary/aromatic N) is 2. The van der Waals surface area contributed by atoms with Crippen LogP contribution in [-0.2, 0) is 0 Å². The van der Waals surface area contributed by atoms with Crippen molar-refractivity contribution in [1.82, 2.24) is 9.97 Å². The van der Waals surface area contributed by atoms with Gasteiger partial charge in [-0.1, -0.05) is 12.1 Å². The molecule has 2 aromatic carbocycles. The summed E-state index contributed by atoms with van der Waals surface area (Å²) in [6.45, 7) is 3.86. The Balaban J connectivity index is 1.67. The topological polar surface area (TPSA) is 85.4 Å². The number of aromatic nitrogens is 2. The van der Waals surface area contributed by atoms with Crippen LogP contribution in [-0.4, -0.2) is 29.1 Å². The van der Waals surface area contributed by atoms with Crippen molar-refractivity contribution < 1.29 is 14.3 Å². The van der Waals surface area contributed by atoms with Gasteiger partial charge < -0.3 is 20.1 Å². The summed E-state index contributed by atoms with van der Waals surface area (Å²) in [5.74, 6) is 1.55. The van der Waals surface area contributed by atoms with E-state index in [-0.39, 0.29) is 17.7 Å². The van der Waals surface area contributed by atoms with Gasteiger partial charge in [0.1, 0.15) is 23.0 Å². The third-order valence-corrected chi connectivity index (χ3v) is 3.74. The molecular formula is C21H22N4O3. The van der Waals surface area contributed by atoms with Gasteiger partial charge in [0.25, 0.3) is 5.91 Å². The fourth-order valence-corrected chi connectivity index (χ4v) is 2.45. The lowest BCUT2D eigenvalue weighted by Crippen LogP contribution is -2.16. The van der Waals surface area contributed by atoms with Crippen LogP contribution in [0.2, 0.25) is 0 Å². The van der Waals surface area contributed by atoms with Crippen molar-refractivity contribution in [1.29, 1.82) is 0 Å². The van der Waals surface area contributed by atoms with Crippen molar-refractivity contribution in [2.75, 3.05) is 17.7 Å². The molecule has 28 heavy (non-hydrogen) atoms. The number of nitrogens with one attached hydrogen (secondary N) is 2. The van der Waals surface area contributed by atoms with Crippen molar-refractivity contribution in [3.8, 4) is 11.5 Å². The van der Waals surface area contributed by atoms with Crippen molar-refractivity contribution in [3.63, 3.8) is 0 Å². The molecule has 0 aliphatic heterocycles. The maximum atomic E-state index is 12.5. The Bertz CT molecular complexity index is 925. The number of ether oxygens (including phenoxy) is 2. The maximum Gasteiger partial charge on any atom is 0.275 e. The van der Waals surface area contributed by atoms with Gasteiger partial charge in [-0.15, -0.1) is 0 Å². The molecule has 1 aromatic heterocycles. The van der Waals surface area contributed by atoms with E-state index < -0.39 is 0 Å². The van der Waals surface area contributed by atoms with Gasteiger partial charge in [0.05, 0.1) is 31.3 Å². The zero-order valence-corrected chi connectivity index (χ0v) is 16.0. The predicted molar refractivity (Wildman–Crippen MR) is 108 cm³/mol. The Morgan fingerprint density at radius 3 is 2.39 bits per heavy atom. The second-order valence-electron chi connectivity index (χ2n) is 6.26. The number of benzene rings is 2. The number of hydrogen-bond donors (Lipinski definition) is 2. The highest BCUT2D eigenvalue weighted by Crippen LogP contribution is 2.25. The summed E-state index contributed by atoms with van der Waals surface area (Å²) in [6, 6.07) is 14.7. The number of anilines is 3. The fraction of sp³-hybridized carbons (Fsp3) is 0.190. The molecule has 0 fully saturated rings. The van der Waals surface area contributed by atoms with Crippen molar-refractivity contribution in [2.24, 2.45) is 0 Å². The Kier molecular flexibility index (Phi) is 6.06. The molecule has 7 heteroatoms. The predicted octanol–water partition coefficient (Wildman–Crippen LogP) is 4.27. The number of para-hydroxylation sites is 2. The third kappa shape index (κ3) is 4.97. The highest BCUT2D eigenvalue weighted by atomic mass is 16.5. The van der Waals surface area contributed by atoms with Gasteiger partial charge in [-0.3, -0.25) is 4.79 Å². The number of hydrogen-bond acceptors (Lipinski definition) is 6. The number of carbonyl (C=O) groups is 1. The second-order valence-corrected chi connectivity index (χ2v) is 6.26. The molecular weight excluding hydrogens is 356 g/mol. The molecule has 0 aliphatic carbocycles. The average Bonchev–Trinajstić information content (AvgIpc) is 2.70. The van der Waals surface area contributed by atoms with Crippen LogP contribution in [0.4, 0.5) is 17.2 Å². The van der Waals surface area contributed by atoms with Gasteiger partial charge in [-0.25, -0.2) is 9.97 Å². The normalized spacial score (nSPS) is 10.4. The summed E-state index contributed by atoms with van der Waals surface area (Å²) in [5.41, 5.74) is 1.63. The summed E-state index contributed by atoms with van der Waals surface area (Å²) in [4.78, 5) is 20.9. The van der Waals surface area contributed by atoms with Gasteiger partial charge in [0, 0.05) is 5.69 Å². The molecule has 0 aliphatic rings. The molecule has 3 aromatic rings. The SMILES string of the molecule is COc1ccc(Nc2cnc(C(=O)Nc3ccccc3OC(C)C)cn2)cc1. The molecule has 0 saturated heterocycles. The molecule has 1 heterocycles. The minimum atomic E-state index is -0.358. The number of methoxy groups -OCH3 is 1. The van der Waals surface area contributed by atoms with E-state index in [1.807, 2.05) is 56.3 Å². The molecule has 0 spiro atoms. The zero-order valence-electron chi connectivity index (χ0n) is 16.0. The van der Waals surface area contributed by atoms with Crippen molar-refractivity contribution in [2.45, 2.75) is 20.0 Å². The molecule has 0 unspecified atom stereocenters. The summed E-state index contributed by atoms with van der Waals surface area (Å²) in [6.07, 6.45) is 2.93. The van der Waals surface area contributed by atoms with E-state index in [0.717, 1.165) is 11.4 Å². The standard InChI is InChI=1S/C21H22N4O3/c1-14(2)28-19-7-5-4-6-17(19)25-21(26)18-12-23-20(13-22-18)24-15-8-10-16(27-3)11-9-15/h4-14H,1-3H3,(H,23,24)(H,25,26). The molecule has 144 valence electrons. The number of rotatable bonds is 7. The molecule has 0 atom stereocenters. The first kappa shape index (κ1) is 19.2. The van der Waals surface area contributed by atoms with Gasteiger partial charge in [0.15, 0.2) is 0 Å². The van der Waals surface area contributed by atoms with Crippen molar-refractivity contribution in [3.05, 3.63) is 66.6 Å². The summed E-state index contributed by atoms with van der Waals surface area (Å²) >= 11 is 0. The largest absolute Gasteiger partial charge is 0.497 e. The Labute approximate surface area is 163 Å². The van der Waals surface area contributed by atoms with E-state index in [1.165, 1.54) is 12.4 Å². The van der Waals surface area contributed by atoms with Crippen LogP contribution in [0.25, 0.3) is 0 Å². The fourth-order valence-electron chi connectivity index (χ4n) is 2.45. The van der Waals surface area contributed by atoms with Crippen LogP contribution in [0, 0.1) is 0 Å².